The van der Waals surface area contributed by atoms with Crippen LogP contribution in [0.4, 0.5) is 5.69 Å². The first kappa shape index (κ1) is 30.4. The summed E-state index contributed by atoms with van der Waals surface area (Å²) in [6.07, 6.45) is 14.3. The minimum absolute atomic E-state index is 0.0991. The first-order valence-electron chi connectivity index (χ1n) is 16.4. The van der Waals surface area contributed by atoms with E-state index in [4.69, 9.17) is 0 Å². The van der Waals surface area contributed by atoms with Crippen molar-refractivity contribution >= 4 is 22.5 Å². The number of H-pyrrole nitrogens is 1. The Morgan fingerprint density at radius 3 is 2.52 bits per heavy atom. The summed E-state index contributed by atoms with van der Waals surface area (Å²) in [6.45, 7) is 9.72. The molecule has 2 aliphatic rings. The lowest BCUT2D eigenvalue weighted by Gasteiger charge is -2.32. The molecule has 6 rings (SSSR count). The molecule has 5 heterocycles. The van der Waals surface area contributed by atoms with Crippen LogP contribution in [0.2, 0.25) is 0 Å². The summed E-state index contributed by atoms with van der Waals surface area (Å²) in [5.41, 5.74) is 7.90. The Balaban J connectivity index is 1.18. The lowest BCUT2D eigenvalue weighted by atomic mass is 9.93. The van der Waals surface area contributed by atoms with Crippen LogP contribution in [0, 0.1) is 5.92 Å². The first-order valence-corrected chi connectivity index (χ1v) is 16.4. The summed E-state index contributed by atoms with van der Waals surface area (Å²) in [4.78, 5) is 33.7. The largest absolute Gasteiger partial charge is 0.358 e. The molecule has 44 heavy (non-hydrogen) atoms. The van der Waals surface area contributed by atoms with Crippen molar-refractivity contribution in [1.82, 2.24) is 29.7 Å². The summed E-state index contributed by atoms with van der Waals surface area (Å²) < 4.78 is 0. The average molecular weight is 594 g/mol. The van der Waals surface area contributed by atoms with E-state index in [1.54, 1.807) is 6.20 Å². The van der Waals surface area contributed by atoms with Crippen molar-refractivity contribution < 1.29 is 4.79 Å². The maximum atomic E-state index is 13.8. The topological polar surface area (TPSA) is 80.4 Å². The Morgan fingerprint density at radius 2 is 1.68 bits per heavy atom. The van der Waals surface area contributed by atoms with Crippen molar-refractivity contribution in [2.24, 2.45) is 5.92 Å². The number of rotatable bonds is 9. The molecule has 0 radical (unpaired) electrons. The van der Waals surface area contributed by atoms with E-state index in [-0.39, 0.29) is 5.91 Å². The second-order valence-electron chi connectivity index (χ2n) is 12.9. The Hall–Kier alpha value is -3.59. The highest BCUT2D eigenvalue weighted by Gasteiger charge is 2.20. The minimum Gasteiger partial charge on any atom is -0.358 e. The number of pyridine rings is 2. The Morgan fingerprint density at radius 1 is 0.886 bits per heavy atom. The molecule has 2 fully saturated rings. The van der Waals surface area contributed by atoms with Gasteiger partial charge in [0.05, 0.1) is 17.4 Å². The number of hydrogen-bond donors (Lipinski definition) is 2. The fourth-order valence-corrected chi connectivity index (χ4v) is 6.80. The van der Waals surface area contributed by atoms with Gasteiger partial charge in [-0.3, -0.25) is 19.7 Å². The number of carbonyl (C=O) groups excluding carboxylic acids is 1. The van der Waals surface area contributed by atoms with Gasteiger partial charge in [0, 0.05) is 73.5 Å². The third kappa shape index (κ3) is 7.37. The number of aryl methyl sites for hydroxylation is 2. The molecule has 2 aliphatic heterocycles. The Bertz CT molecular complexity index is 1570. The van der Waals surface area contributed by atoms with Crippen LogP contribution in [0.3, 0.4) is 0 Å². The van der Waals surface area contributed by atoms with Crippen molar-refractivity contribution in [3.05, 3.63) is 77.5 Å². The highest BCUT2D eigenvalue weighted by molar-refractivity contribution is 6.14. The number of piperazine rings is 1. The van der Waals surface area contributed by atoms with Crippen molar-refractivity contribution in [3.63, 3.8) is 0 Å². The van der Waals surface area contributed by atoms with Gasteiger partial charge >= 0.3 is 0 Å². The van der Waals surface area contributed by atoms with Gasteiger partial charge in [-0.15, -0.1) is 0 Å². The molecule has 2 N–H and O–H groups in total. The smallest absolute Gasteiger partial charge is 0.258 e. The molecule has 4 aromatic rings. The third-order valence-electron chi connectivity index (χ3n) is 9.55. The molecule has 1 atom stereocenters. The van der Waals surface area contributed by atoms with Gasteiger partial charge in [0.1, 0.15) is 0 Å². The molecule has 232 valence electrons. The van der Waals surface area contributed by atoms with Crippen LogP contribution in [0.1, 0.15) is 59.8 Å². The number of amides is 1. The van der Waals surface area contributed by atoms with E-state index in [1.807, 2.05) is 18.6 Å². The van der Waals surface area contributed by atoms with Crippen molar-refractivity contribution in [1.29, 1.82) is 0 Å². The van der Waals surface area contributed by atoms with Crippen molar-refractivity contribution in [2.45, 2.75) is 52.0 Å². The zero-order valence-electron chi connectivity index (χ0n) is 26.6. The van der Waals surface area contributed by atoms with E-state index in [1.165, 1.54) is 49.9 Å². The van der Waals surface area contributed by atoms with Gasteiger partial charge in [0.2, 0.25) is 0 Å². The number of anilines is 1. The van der Waals surface area contributed by atoms with E-state index in [9.17, 15) is 4.79 Å². The molecule has 8 heteroatoms. The molecule has 0 bridgehead atoms. The molecule has 2 saturated heterocycles. The number of benzene rings is 1. The van der Waals surface area contributed by atoms with Crippen LogP contribution in [0.25, 0.3) is 22.0 Å². The predicted octanol–water partition coefficient (Wildman–Crippen LogP) is 5.85. The van der Waals surface area contributed by atoms with Crippen LogP contribution < -0.4 is 5.32 Å². The molecular formula is C36H47N7O. The molecular weight excluding hydrogens is 546 g/mol. The summed E-state index contributed by atoms with van der Waals surface area (Å²) in [5, 5.41) is 4.11. The van der Waals surface area contributed by atoms with Gasteiger partial charge in [-0.2, -0.15) is 0 Å². The van der Waals surface area contributed by atoms with Crippen molar-refractivity contribution in [3.8, 4) is 11.1 Å². The predicted molar refractivity (Wildman–Crippen MR) is 179 cm³/mol. The third-order valence-corrected chi connectivity index (χ3v) is 9.55. The normalized spacial score (nSPS) is 18.8. The fraction of sp³-hybridized carbons (Fsp3) is 0.472. The van der Waals surface area contributed by atoms with Crippen LogP contribution in [0.15, 0.2) is 55.1 Å². The quantitative estimate of drug-likeness (QED) is 0.253. The SMILES string of the molecule is CCc1[nH]c2ccc(-c3cncc(CN4CCN(C)CC4)c3)cc2c1C(=O)Nc1cncc(CCC2CCCN(C)CC2)c1. The van der Waals surface area contributed by atoms with E-state index in [0.717, 1.165) is 84.9 Å². The maximum absolute atomic E-state index is 13.8. The number of nitrogens with zero attached hydrogens (tertiary/aromatic N) is 5. The lowest BCUT2D eigenvalue weighted by Crippen LogP contribution is -2.43. The Labute approximate surface area is 261 Å². The lowest BCUT2D eigenvalue weighted by molar-refractivity contribution is 0.102. The highest BCUT2D eigenvalue weighted by Crippen LogP contribution is 2.30. The molecule has 0 spiro atoms. The highest BCUT2D eigenvalue weighted by atomic mass is 16.1. The molecule has 1 amide bonds. The van der Waals surface area contributed by atoms with Gasteiger partial charge in [-0.05, 0) is 113 Å². The minimum atomic E-state index is -0.0991. The zero-order chi connectivity index (χ0) is 30.5. The average Bonchev–Trinajstić information content (AvgIpc) is 3.28. The van der Waals surface area contributed by atoms with Crippen molar-refractivity contribution in [2.75, 3.05) is 58.7 Å². The standard InChI is InChI=1S/C36H47N7O/c1-4-33-35(36(44)39-31-19-27(21-38-24-31)8-7-26-6-5-12-41(2)13-11-26)32-20-29(9-10-34(32)40-33)30-18-28(22-37-23-30)25-43-16-14-42(3)15-17-43/h9-10,18-24,26,40H,4-8,11-17,25H2,1-3H3,(H,39,44). The van der Waals surface area contributed by atoms with E-state index >= 15 is 0 Å². The van der Waals surface area contributed by atoms with Gasteiger partial charge in [-0.1, -0.05) is 13.0 Å². The monoisotopic (exact) mass is 593 g/mol. The number of carbonyl (C=O) groups is 1. The van der Waals surface area contributed by atoms with Crippen LogP contribution in [-0.4, -0.2) is 88.9 Å². The second kappa shape index (κ2) is 14.0. The summed E-state index contributed by atoms with van der Waals surface area (Å²) >= 11 is 0. The maximum Gasteiger partial charge on any atom is 0.258 e. The Kier molecular flexibility index (Phi) is 9.69. The zero-order valence-corrected chi connectivity index (χ0v) is 26.6. The molecule has 1 aromatic carbocycles. The molecule has 8 nitrogen and oxygen atoms in total. The fourth-order valence-electron chi connectivity index (χ4n) is 6.80. The van der Waals surface area contributed by atoms with Crippen LogP contribution in [0.5, 0.6) is 0 Å². The van der Waals surface area contributed by atoms with E-state index in [0.29, 0.717) is 5.56 Å². The number of fused-ring (bicyclic) bond motifs is 1. The summed E-state index contributed by atoms with van der Waals surface area (Å²) in [5.74, 6) is 0.659. The van der Waals surface area contributed by atoms with E-state index < -0.39 is 0 Å². The van der Waals surface area contributed by atoms with Gasteiger partial charge in [-0.25, -0.2) is 0 Å². The molecule has 0 saturated carbocycles. The second-order valence-corrected chi connectivity index (χ2v) is 12.9. The molecule has 1 unspecified atom stereocenters. The number of likely N-dealkylation sites (N-methyl/N-ethyl adjacent to an activating group) is 1. The molecule has 3 aromatic heterocycles. The number of likely N-dealkylation sites (tertiary alicyclic amines) is 1. The van der Waals surface area contributed by atoms with Gasteiger partial charge < -0.3 is 20.1 Å². The molecule has 0 aliphatic carbocycles. The number of nitrogens with one attached hydrogen (secondary N) is 2. The number of aromatic nitrogens is 3. The van der Waals surface area contributed by atoms with Crippen LogP contribution >= 0.6 is 0 Å². The van der Waals surface area contributed by atoms with E-state index in [2.05, 4.69) is 86.3 Å². The van der Waals surface area contributed by atoms with Crippen LogP contribution in [-0.2, 0) is 19.4 Å². The first-order chi connectivity index (χ1) is 21.4. The summed E-state index contributed by atoms with van der Waals surface area (Å²) in [6, 6.07) is 10.7. The number of hydrogen-bond acceptors (Lipinski definition) is 6. The summed E-state index contributed by atoms with van der Waals surface area (Å²) in [7, 11) is 4.41. The van der Waals surface area contributed by atoms with Gasteiger partial charge in [0.15, 0.2) is 0 Å². The number of aromatic amines is 1. The van der Waals surface area contributed by atoms with Gasteiger partial charge in [0.25, 0.3) is 5.91 Å².